The van der Waals surface area contributed by atoms with Gasteiger partial charge in [-0.15, -0.1) is 0 Å². The molecular formula is C38H57N5O8. The molecule has 3 amide bonds. The van der Waals surface area contributed by atoms with Crippen molar-refractivity contribution in [3.63, 3.8) is 0 Å². The fourth-order valence-corrected chi connectivity index (χ4v) is 6.01. The fourth-order valence-electron chi connectivity index (χ4n) is 6.01. The van der Waals surface area contributed by atoms with E-state index in [2.05, 4.69) is 15.3 Å². The van der Waals surface area contributed by atoms with Crippen LogP contribution in [0.25, 0.3) is 0 Å². The minimum atomic E-state index is -0.846. The number of aliphatic carboxylic acids is 1. The monoisotopic (exact) mass is 711 g/mol. The highest BCUT2D eigenvalue weighted by Gasteiger charge is 2.43. The molecule has 0 bridgehead atoms. The Morgan fingerprint density at radius 2 is 1.10 bits per heavy atom. The number of likely N-dealkylation sites (tertiary alicyclic amines) is 2. The lowest BCUT2D eigenvalue weighted by molar-refractivity contribution is -0.152. The first-order valence-electron chi connectivity index (χ1n) is 17.6. The Hall–Kier alpha value is -4.42. The summed E-state index contributed by atoms with van der Waals surface area (Å²) in [7, 11) is 0. The maximum Gasteiger partial charge on any atom is 0.410 e. The van der Waals surface area contributed by atoms with Crippen LogP contribution in [0.5, 0.6) is 0 Å². The number of carbonyl (C=O) groups excluding carboxylic acids is 3. The number of rotatable bonds is 6. The molecule has 2 saturated heterocycles. The van der Waals surface area contributed by atoms with Gasteiger partial charge in [-0.2, -0.15) is 0 Å². The molecule has 13 nitrogen and oxygen atoms in total. The van der Waals surface area contributed by atoms with Gasteiger partial charge in [-0.25, -0.2) is 14.4 Å². The van der Waals surface area contributed by atoms with Crippen molar-refractivity contribution in [1.82, 2.24) is 25.1 Å². The van der Waals surface area contributed by atoms with Gasteiger partial charge in [0.1, 0.15) is 16.8 Å². The lowest BCUT2D eigenvalue weighted by Gasteiger charge is -2.42. The number of nitrogens with zero attached hydrogens (tertiary/aromatic N) is 4. The minimum absolute atomic E-state index is 0.320. The van der Waals surface area contributed by atoms with E-state index >= 15 is 0 Å². The van der Waals surface area contributed by atoms with Gasteiger partial charge in [0.05, 0.1) is 11.0 Å². The molecule has 2 fully saturated rings. The van der Waals surface area contributed by atoms with E-state index in [0.717, 1.165) is 11.1 Å². The zero-order valence-corrected chi connectivity index (χ0v) is 31.8. The number of aromatic nitrogens is 2. The van der Waals surface area contributed by atoms with Crippen molar-refractivity contribution < 1.29 is 38.5 Å². The van der Waals surface area contributed by atoms with E-state index in [0.29, 0.717) is 64.7 Å². The molecule has 0 atom stereocenters. The second kappa shape index (κ2) is 16.7. The largest absolute Gasteiger partial charge is 0.481 e. The Morgan fingerprint density at radius 3 is 1.47 bits per heavy atom. The Labute approximate surface area is 302 Å². The van der Waals surface area contributed by atoms with Gasteiger partial charge in [-0.3, -0.25) is 14.8 Å². The number of alkyl carbamates (subject to hydrolysis) is 1. The molecule has 2 N–H and O–H groups in total. The first kappa shape index (κ1) is 41.0. The third kappa shape index (κ3) is 13.7. The number of nitrogens with one attached hydrogen (secondary N) is 1. The average Bonchev–Trinajstić information content (AvgIpc) is 3.00. The summed E-state index contributed by atoms with van der Waals surface area (Å²) in [6.07, 6.45) is 8.86. The summed E-state index contributed by atoms with van der Waals surface area (Å²) >= 11 is 0. The van der Waals surface area contributed by atoms with Gasteiger partial charge in [-0.1, -0.05) is 12.1 Å². The molecule has 0 spiro atoms. The van der Waals surface area contributed by atoms with Gasteiger partial charge in [0, 0.05) is 51.0 Å². The smallest absolute Gasteiger partial charge is 0.410 e. The second-order valence-corrected chi connectivity index (χ2v) is 16.5. The predicted molar refractivity (Wildman–Crippen MR) is 192 cm³/mol. The van der Waals surface area contributed by atoms with Gasteiger partial charge in [0.2, 0.25) is 0 Å². The molecular weight excluding hydrogens is 654 g/mol. The second-order valence-electron chi connectivity index (χ2n) is 16.5. The molecule has 2 aliphatic heterocycles. The molecule has 282 valence electrons. The minimum Gasteiger partial charge on any atom is -0.481 e. The number of carboxylic acids is 1. The highest BCUT2D eigenvalue weighted by Crippen LogP contribution is 2.36. The van der Waals surface area contributed by atoms with Crippen LogP contribution in [0, 0.1) is 5.41 Å². The molecule has 4 rings (SSSR count). The third-order valence-electron chi connectivity index (χ3n) is 8.49. The van der Waals surface area contributed by atoms with Gasteiger partial charge in [-0.05, 0) is 124 Å². The summed E-state index contributed by atoms with van der Waals surface area (Å²) in [6.45, 7) is 18.3. The van der Waals surface area contributed by atoms with E-state index in [-0.39, 0.29) is 12.2 Å². The number of hydrogen-bond donors (Lipinski definition) is 2. The van der Waals surface area contributed by atoms with Crippen LogP contribution >= 0.6 is 0 Å². The summed E-state index contributed by atoms with van der Waals surface area (Å²) in [5.41, 5.74) is -1.06. The number of ether oxygens (including phenoxy) is 3. The summed E-state index contributed by atoms with van der Waals surface area (Å²) < 4.78 is 16.3. The van der Waals surface area contributed by atoms with Crippen molar-refractivity contribution in [2.45, 2.75) is 123 Å². The normalized spacial score (nSPS) is 17.3. The molecule has 2 aromatic rings. The molecule has 0 unspecified atom stereocenters. The van der Waals surface area contributed by atoms with E-state index in [1.807, 2.05) is 80.5 Å². The number of hydrogen-bond acceptors (Lipinski definition) is 9. The van der Waals surface area contributed by atoms with E-state index < -0.39 is 39.8 Å². The first-order valence-corrected chi connectivity index (χ1v) is 17.6. The van der Waals surface area contributed by atoms with E-state index in [4.69, 9.17) is 14.2 Å². The number of amides is 3. The fraction of sp³-hybridized carbons (Fsp3) is 0.632. The molecule has 2 aromatic heterocycles. The Bertz CT molecular complexity index is 1450. The maximum atomic E-state index is 12.5. The number of carbonyl (C=O) groups is 4. The van der Waals surface area contributed by atoms with Crippen molar-refractivity contribution in [1.29, 1.82) is 0 Å². The van der Waals surface area contributed by atoms with Crippen molar-refractivity contribution in [3.05, 3.63) is 60.2 Å². The zero-order chi connectivity index (χ0) is 38.1. The van der Waals surface area contributed by atoms with Gasteiger partial charge in [0.25, 0.3) is 0 Å². The molecule has 51 heavy (non-hydrogen) atoms. The lowest BCUT2D eigenvalue weighted by atomic mass is 9.74. The van der Waals surface area contributed by atoms with Gasteiger partial charge in [0.15, 0.2) is 0 Å². The van der Waals surface area contributed by atoms with Crippen molar-refractivity contribution in [2.24, 2.45) is 5.41 Å². The summed E-state index contributed by atoms with van der Waals surface area (Å²) in [5.74, 6) is -0.815. The Kier molecular flexibility index (Phi) is 13.5. The van der Waals surface area contributed by atoms with Crippen LogP contribution < -0.4 is 5.32 Å². The topological polar surface area (TPSA) is 160 Å². The summed E-state index contributed by atoms with van der Waals surface area (Å²) in [5, 5.41) is 12.8. The molecule has 0 aliphatic carbocycles. The van der Waals surface area contributed by atoms with E-state index in [1.54, 1.807) is 40.7 Å². The highest BCUT2D eigenvalue weighted by molar-refractivity contribution is 5.76. The van der Waals surface area contributed by atoms with Crippen molar-refractivity contribution in [3.8, 4) is 0 Å². The quantitative estimate of drug-likeness (QED) is 0.311. The van der Waals surface area contributed by atoms with Gasteiger partial charge >= 0.3 is 24.2 Å². The molecule has 0 saturated carbocycles. The van der Waals surface area contributed by atoms with Crippen molar-refractivity contribution in [2.75, 3.05) is 26.2 Å². The van der Waals surface area contributed by atoms with Crippen molar-refractivity contribution >= 4 is 24.2 Å². The number of carboxylic acid groups (broad SMARTS) is 1. The third-order valence-corrected chi connectivity index (χ3v) is 8.49. The number of piperidine rings is 2. The highest BCUT2D eigenvalue weighted by atomic mass is 16.6. The van der Waals surface area contributed by atoms with Crippen LogP contribution in [0.2, 0.25) is 0 Å². The van der Waals surface area contributed by atoms with E-state index in [9.17, 15) is 24.3 Å². The van der Waals surface area contributed by atoms with Crippen LogP contribution in [-0.4, -0.2) is 97.6 Å². The molecule has 2 aliphatic rings. The maximum absolute atomic E-state index is 12.5. The van der Waals surface area contributed by atoms with Crippen LogP contribution in [0.4, 0.5) is 14.4 Å². The summed E-state index contributed by atoms with van der Waals surface area (Å²) in [6, 6.07) is 7.57. The average molecular weight is 712 g/mol. The SMILES string of the molecule is CC(C)(C)OC(=O)N1CCC(Cc2cccnc2)(C(=O)O)CC1.CC(C)(C)OC(=O)NC1(Cc2cccnc2)CCN(C(=O)OC(C)(C)C)CC1. The lowest BCUT2D eigenvalue weighted by Crippen LogP contribution is -2.58. The molecule has 0 aromatic carbocycles. The summed E-state index contributed by atoms with van der Waals surface area (Å²) in [4.78, 5) is 60.3. The van der Waals surface area contributed by atoms with Gasteiger partial charge < -0.3 is 34.4 Å². The molecule has 0 radical (unpaired) electrons. The van der Waals surface area contributed by atoms with Crippen LogP contribution in [0.3, 0.4) is 0 Å². The zero-order valence-electron chi connectivity index (χ0n) is 31.8. The van der Waals surface area contributed by atoms with Crippen LogP contribution in [0.15, 0.2) is 49.1 Å². The van der Waals surface area contributed by atoms with Crippen LogP contribution in [0.1, 0.15) is 99.1 Å². The number of pyridine rings is 2. The molecule has 4 heterocycles. The Balaban J connectivity index is 0.000000281. The van der Waals surface area contributed by atoms with E-state index in [1.165, 1.54) is 0 Å². The van der Waals surface area contributed by atoms with Crippen LogP contribution in [-0.2, 0) is 31.8 Å². The predicted octanol–water partition coefficient (Wildman–Crippen LogP) is 6.64. The first-order chi connectivity index (χ1) is 23.6. The standard InChI is InChI=1S/C21H33N3O4.C17H24N2O4/c1-19(2,3)27-17(25)23-21(14-16-8-7-11-22-15-16)9-12-24(13-10-21)18(26)28-20(4,5)6;1-16(2,3)23-15(22)19-9-6-17(7-10-19,14(20)21)11-13-5-4-8-18-12-13/h7-8,11,15H,9-10,12-14H2,1-6H3,(H,23,25);4-5,8,12H,6-7,9-11H2,1-3H3,(H,20,21). The molecule has 13 heteroatoms. The Morgan fingerprint density at radius 1 is 0.686 bits per heavy atom.